The summed E-state index contributed by atoms with van der Waals surface area (Å²) in [6, 6.07) is 1.48. The molecular weight excluding hydrogens is 226 g/mol. The highest BCUT2D eigenvalue weighted by atomic mass is 32.2. The van der Waals surface area contributed by atoms with Gasteiger partial charge in [0.05, 0.1) is 13.2 Å². The monoisotopic (exact) mass is 235 g/mol. The molecule has 1 aliphatic heterocycles. The van der Waals surface area contributed by atoms with Crippen LogP contribution in [0.1, 0.15) is 11.9 Å². The number of rotatable bonds is 2. The molecule has 1 fully saturated rings. The van der Waals surface area contributed by atoms with Crippen molar-refractivity contribution in [3.05, 3.63) is 17.0 Å². The normalized spacial score (nSPS) is 18.9. The first kappa shape index (κ1) is 10.1. The molecule has 0 aliphatic carbocycles. The zero-order valence-electron chi connectivity index (χ0n) is 7.17. The Morgan fingerprint density at radius 2 is 2.07 bits per heavy atom. The van der Waals surface area contributed by atoms with Crippen LogP contribution < -0.4 is 5.14 Å². The molecule has 1 saturated heterocycles. The van der Waals surface area contributed by atoms with Crippen molar-refractivity contribution in [1.82, 2.24) is 0 Å². The van der Waals surface area contributed by atoms with E-state index in [1.54, 1.807) is 5.38 Å². The van der Waals surface area contributed by atoms with Crippen molar-refractivity contribution in [1.29, 1.82) is 0 Å². The van der Waals surface area contributed by atoms with Crippen molar-refractivity contribution >= 4 is 21.4 Å². The number of primary sulfonamides is 1. The Bertz CT molecular complexity index is 419. The molecule has 0 bridgehead atoms. The fourth-order valence-corrected chi connectivity index (χ4v) is 2.77. The minimum Gasteiger partial charge on any atom is -0.346 e. The van der Waals surface area contributed by atoms with Crippen molar-refractivity contribution in [3.63, 3.8) is 0 Å². The Balaban J connectivity index is 2.25. The highest BCUT2D eigenvalue weighted by Gasteiger charge is 2.21. The van der Waals surface area contributed by atoms with Gasteiger partial charge in [-0.05, 0) is 6.07 Å². The molecule has 7 heteroatoms. The summed E-state index contributed by atoms with van der Waals surface area (Å²) >= 11 is 1.07. The van der Waals surface area contributed by atoms with Crippen LogP contribution in [0.4, 0.5) is 0 Å². The number of nitrogens with two attached hydrogens (primary N) is 1. The molecule has 1 aromatic heterocycles. The number of sulfonamides is 1. The highest BCUT2D eigenvalue weighted by molar-refractivity contribution is 7.91. The minimum atomic E-state index is -3.60. The topological polar surface area (TPSA) is 78.6 Å². The van der Waals surface area contributed by atoms with Crippen LogP contribution in [0.5, 0.6) is 0 Å². The smallest absolute Gasteiger partial charge is 0.247 e. The molecule has 0 saturated carbocycles. The maximum absolute atomic E-state index is 11.0. The molecular formula is C7H9NO4S2. The molecule has 0 amide bonds. The molecule has 1 aliphatic rings. The van der Waals surface area contributed by atoms with E-state index in [0.29, 0.717) is 18.8 Å². The summed E-state index contributed by atoms with van der Waals surface area (Å²) in [6.45, 7) is 1.07. The fourth-order valence-electron chi connectivity index (χ4n) is 1.15. The molecule has 1 aromatic rings. The van der Waals surface area contributed by atoms with Crippen molar-refractivity contribution in [2.45, 2.75) is 10.5 Å². The third-order valence-electron chi connectivity index (χ3n) is 1.77. The van der Waals surface area contributed by atoms with E-state index < -0.39 is 16.3 Å². The zero-order chi connectivity index (χ0) is 10.2. The SMILES string of the molecule is NS(=O)(=O)c1cc(C2OCCO2)cs1. The van der Waals surface area contributed by atoms with Gasteiger partial charge in [-0.15, -0.1) is 11.3 Å². The van der Waals surface area contributed by atoms with Crippen molar-refractivity contribution < 1.29 is 17.9 Å². The average molecular weight is 235 g/mol. The summed E-state index contributed by atoms with van der Waals surface area (Å²) in [5.41, 5.74) is 0.705. The second kappa shape index (κ2) is 3.59. The Morgan fingerprint density at radius 1 is 1.43 bits per heavy atom. The van der Waals surface area contributed by atoms with E-state index in [-0.39, 0.29) is 4.21 Å². The maximum atomic E-state index is 11.0. The van der Waals surface area contributed by atoms with Crippen LogP contribution in [0.25, 0.3) is 0 Å². The molecule has 5 nitrogen and oxygen atoms in total. The van der Waals surface area contributed by atoms with Crippen LogP contribution in [0.3, 0.4) is 0 Å². The second-order valence-corrected chi connectivity index (χ2v) is 5.52. The largest absolute Gasteiger partial charge is 0.346 e. The van der Waals surface area contributed by atoms with E-state index in [4.69, 9.17) is 14.6 Å². The number of hydrogen-bond donors (Lipinski definition) is 1. The van der Waals surface area contributed by atoms with Crippen LogP contribution in [0.2, 0.25) is 0 Å². The Kier molecular flexibility index (Phi) is 2.58. The van der Waals surface area contributed by atoms with Gasteiger partial charge in [0.2, 0.25) is 10.0 Å². The number of ether oxygens (including phenoxy) is 2. The van der Waals surface area contributed by atoms with Gasteiger partial charge in [-0.1, -0.05) is 0 Å². The first-order valence-corrected chi connectivity index (χ1v) is 6.34. The molecule has 14 heavy (non-hydrogen) atoms. The van der Waals surface area contributed by atoms with Gasteiger partial charge in [0.1, 0.15) is 4.21 Å². The fraction of sp³-hybridized carbons (Fsp3) is 0.429. The van der Waals surface area contributed by atoms with Crippen LogP contribution >= 0.6 is 11.3 Å². The lowest BCUT2D eigenvalue weighted by molar-refractivity contribution is -0.0438. The molecule has 0 spiro atoms. The molecule has 78 valence electrons. The van der Waals surface area contributed by atoms with E-state index in [0.717, 1.165) is 11.3 Å². The summed E-state index contributed by atoms with van der Waals surface area (Å²) in [6.07, 6.45) is -0.443. The van der Waals surface area contributed by atoms with Gasteiger partial charge in [0.25, 0.3) is 0 Å². The minimum absolute atomic E-state index is 0.131. The van der Waals surface area contributed by atoms with Crippen LogP contribution in [0.15, 0.2) is 15.7 Å². The van der Waals surface area contributed by atoms with Gasteiger partial charge in [0.15, 0.2) is 6.29 Å². The first-order chi connectivity index (χ1) is 6.57. The average Bonchev–Trinajstić information content (AvgIpc) is 2.73. The standard InChI is InChI=1S/C7H9NO4S2/c8-14(9,10)6-3-5(4-13-6)7-11-1-2-12-7/h3-4,7H,1-2H2,(H2,8,9,10). The van der Waals surface area contributed by atoms with Crippen molar-refractivity contribution in [3.8, 4) is 0 Å². The summed E-state index contributed by atoms with van der Waals surface area (Å²) < 4.78 is 32.5. The van der Waals surface area contributed by atoms with Crippen molar-refractivity contribution in [2.75, 3.05) is 13.2 Å². The number of thiophene rings is 1. The van der Waals surface area contributed by atoms with Gasteiger partial charge >= 0.3 is 0 Å². The summed E-state index contributed by atoms with van der Waals surface area (Å²) in [5.74, 6) is 0. The molecule has 0 aromatic carbocycles. The predicted molar refractivity (Wildman–Crippen MR) is 50.3 cm³/mol. The van der Waals surface area contributed by atoms with E-state index in [1.165, 1.54) is 6.07 Å². The van der Waals surface area contributed by atoms with E-state index in [2.05, 4.69) is 0 Å². The third-order valence-corrected chi connectivity index (χ3v) is 4.17. The van der Waals surface area contributed by atoms with Gasteiger partial charge in [-0.2, -0.15) is 0 Å². The predicted octanol–water partition coefficient (Wildman–Crippen LogP) is 0.441. The molecule has 0 atom stereocenters. The third kappa shape index (κ3) is 1.96. The van der Waals surface area contributed by atoms with E-state index >= 15 is 0 Å². The van der Waals surface area contributed by atoms with E-state index in [1.807, 2.05) is 0 Å². The Labute approximate surface area is 85.5 Å². The van der Waals surface area contributed by atoms with Gasteiger partial charge in [0, 0.05) is 10.9 Å². The summed E-state index contributed by atoms with van der Waals surface area (Å²) in [5, 5.41) is 6.65. The second-order valence-electron chi connectivity index (χ2n) is 2.82. The van der Waals surface area contributed by atoms with Crippen molar-refractivity contribution in [2.24, 2.45) is 5.14 Å². The summed E-state index contributed by atoms with van der Waals surface area (Å²) in [4.78, 5) is 0. The Morgan fingerprint density at radius 3 is 2.57 bits per heavy atom. The molecule has 0 unspecified atom stereocenters. The molecule has 2 rings (SSSR count). The highest BCUT2D eigenvalue weighted by Crippen LogP contribution is 2.28. The van der Waals surface area contributed by atoms with Gasteiger partial charge in [-0.25, -0.2) is 13.6 Å². The lowest BCUT2D eigenvalue weighted by atomic mass is 10.3. The van der Waals surface area contributed by atoms with Gasteiger partial charge in [-0.3, -0.25) is 0 Å². The van der Waals surface area contributed by atoms with Crippen LogP contribution in [0, 0.1) is 0 Å². The van der Waals surface area contributed by atoms with Crippen LogP contribution in [-0.2, 0) is 19.5 Å². The molecule has 0 radical (unpaired) electrons. The first-order valence-electron chi connectivity index (χ1n) is 3.92. The lowest BCUT2D eigenvalue weighted by Crippen LogP contribution is -2.10. The number of hydrogen-bond acceptors (Lipinski definition) is 5. The van der Waals surface area contributed by atoms with Gasteiger partial charge < -0.3 is 9.47 Å². The lowest BCUT2D eigenvalue weighted by Gasteiger charge is -2.04. The quantitative estimate of drug-likeness (QED) is 0.806. The summed E-state index contributed by atoms with van der Waals surface area (Å²) in [7, 11) is -3.60. The zero-order valence-corrected chi connectivity index (χ0v) is 8.81. The molecule has 2 heterocycles. The Hall–Kier alpha value is -0.470. The van der Waals surface area contributed by atoms with E-state index in [9.17, 15) is 8.42 Å². The molecule has 2 N–H and O–H groups in total. The maximum Gasteiger partial charge on any atom is 0.247 e. The van der Waals surface area contributed by atoms with Crippen LogP contribution in [-0.4, -0.2) is 21.6 Å².